The van der Waals surface area contributed by atoms with E-state index < -0.39 is 17.7 Å². The van der Waals surface area contributed by atoms with E-state index in [2.05, 4.69) is 32.4 Å². The van der Waals surface area contributed by atoms with Crippen molar-refractivity contribution in [3.05, 3.63) is 121 Å². The monoisotopic (exact) mass is 809 g/mol. The highest BCUT2D eigenvalue weighted by Gasteiger charge is 2.45. The largest absolute Gasteiger partial charge is 0.506 e. The van der Waals surface area contributed by atoms with Crippen LogP contribution in [0, 0.1) is 0 Å². The average Bonchev–Trinajstić information content (AvgIpc) is 4.00. The molecule has 2 aromatic carbocycles. The fourth-order valence-electron chi connectivity index (χ4n) is 7.05. The Labute approximate surface area is 329 Å². The molecular weight excluding hydrogens is 765 g/mol. The molecule has 6 aromatic rings. The minimum Gasteiger partial charge on any atom is -0.506 e. The first kappa shape index (κ1) is 42.3. The minimum atomic E-state index is -1.78. The van der Waals surface area contributed by atoms with E-state index in [-0.39, 0.29) is 33.4 Å². The Morgan fingerprint density at radius 2 is 1.71 bits per heavy atom. The molecule has 0 amide bonds. The fraction of sp³-hybridized carbons (Fsp3) is 0.350. The van der Waals surface area contributed by atoms with Crippen LogP contribution in [0.25, 0.3) is 22.3 Å². The quantitative estimate of drug-likeness (QED) is 0.0749. The van der Waals surface area contributed by atoms with Gasteiger partial charge in [-0.15, -0.1) is 22.7 Å². The Morgan fingerprint density at radius 3 is 2.38 bits per heavy atom. The molecule has 56 heavy (non-hydrogen) atoms. The number of esters is 1. The summed E-state index contributed by atoms with van der Waals surface area (Å²) in [5, 5.41) is 44.3. The lowest BCUT2D eigenvalue weighted by Crippen LogP contribution is -2.42. The van der Waals surface area contributed by atoms with Crippen LogP contribution in [0.4, 0.5) is 9.41 Å². The van der Waals surface area contributed by atoms with Crippen molar-refractivity contribution in [3.8, 4) is 17.1 Å². The van der Waals surface area contributed by atoms with Crippen molar-refractivity contribution in [2.24, 2.45) is 0 Å². The number of fused-ring (bicyclic) bond motifs is 1. The lowest BCUT2D eigenvalue weighted by molar-refractivity contribution is -0.169. The van der Waals surface area contributed by atoms with Gasteiger partial charge in [0.05, 0.1) is 21.4 Å². The predicted molar refractivity (Wildman–Crippen MR) is 212 cm³/mol. The van der Waals surface area contributed by atoms with Crippen LogP contribution in [0.3, 0.4) is 0 Å². The fourth-order valence-corrected chi connectivity index (χ4v) is 8.77. The van der Waals surface area contributed by atoms with Crippen molar-refractivity contribution in [2.75, 3.05) is 20.1 Å². The third-order valence-corrected chi connectivity index (χ3v) is 12.1. The van der Waals surface area contributed by atoms with Crippen molar-refractivity contribution < 1.29 is 38.8 Å². The number of aromatic nitrogens is 3. The van der Waals surface area contributed by atoms with Crippen LogP contribution < -0.4 is 10.9 Å². The molecule has 12 nitrogen and oxygen atoms in total. The van der Waals surface area contributed by atoms with Crippen LogP contribution in [0.15, 0.2) is 92.9 Å². The second kappa shape index (κ2) is 18.9. The SMILES string of the molecule is CN(CCCc1nc(-c2ccc(CNC[C@H](O)c3ccc(O)c4[nH]c(=O)ccc34)cc2)no1)[C@H]1CC[C@H](OC(=O)C(O)(c2cccs2)c2cccs2)CC1.F.F. The Bertz CT molecular complexity index is 2170. The predicted octanol–water partition coefficient (Wildman–Crippen LogP) is 6.19. The average molecular weight is 810 g/mol. The molecule has 0 bridgehead atoms. The van der Waals surface area contributed by atoms with Gasteiger partial charge in [0.15, 0.2) is 0 Å². The van der Waals surface area contributed by atoms with Crippen LogP contribution in [0.1, 0.15) is 65.0 Å². The summed E-state index contributed by atoms with van der Waals surface area (Å²) in [5.41, 5.74) is 0.673. The van der Waals surface area contributed by atoms with Crippen molar-refractivity contribution in [2.45, 2.75) is 68.9 Å². The Morgan fingerprint density at radius 1 is 1.02 bits per heavy atom. The number of aromatic hydroxyl groups is 1. The van der Waals surface area contributed by atoms with Gasteiger partial charge in [-0.25, -0.2) is 4.79 Å². The molecule has 4 heterocycles. The molecule has 5 N–H and O–H groups in total. The van der Waals surface area contributed by atoms with Gasteiger partial charge < -0.3 is 39.8 Å². The number of thiophene rings is 2. The molecule has 16 heteroatoms. The zero-order chi connectivity index (χ0) is 37.7. The number of nitrogens with one attached hydrogen (secondary N) is 2. The Hall–Kier alpha value is -4.84. The summed E-state index contributed by atoms with van der Waals surface area (Å²) >= 11 is 2.69. The molecule has 1 fully saturated rings. The molecule has 4 aromatic heterocycles. The number of aliphatic hydroxyl groups is 2. The van der Waals surface area contributed by atoms with E-state index in [0.717, 1.165) is 49.8 Å². The van der Waals surface area contributed by atoms with Crippen LogP contribution in [0.2, 0.25) is 0 Å². The van der Waals surface area contributed by atoms with E-state index in [1.807, 2.05) is 47.2 Å². The van der Waals surface area contributed by atoms with Crippen LogP contribution >= 0.6 is 22.7 Å². The van der Waals surface area contributed by atoms with E-state index >= 15 is 0 Å². The first-order valence-electron chi connectivity index (χ1n) is 18.1. The first-order valence-corrected chi connectivity index (χ1v) is 19.8. The lowest BCUT2D eigenvalue weighted by Gasteiger charge is -2.35. The summed E-state index contributed by atoms with van der Waals surface area (Å²) in [5.74, 6) is 0.468. The summed E-state index contributed by atoms with van der Waals surface area (Å²) in [7, 11) is 2.12. The number of carbonyl (C=O) groups excluding carboxylic acids is 1. The molecule has 7 rings (SSSR count). The molecule has 0 saturated heterocycles. The maximum Gasteiger partial charge on any atom is 0.349 e. The molecule has 0 aliphatic heterocycles. The van der Waals surface area contributed by atoms with Crippen LogP contribution in [-0.4, -0.2) is 73.6 Å². The second-order valence-electron chi connectivity index (χ2n) is 13.7. The zero-order valence-corrected chi connectivity index (χ0v) is 32.3. The van der Waals surface area contributed by atoms with Gasteiger partial charge in [0.25, 0.3) is 0 Å². The van der Waals surface area contributed by atoms with Gasteiger partial charge in [0, 0.05) is 42.6 Å². The summed E-state index contributed by atoms with van der Waals surface area (Å²) in [4.78, 5) is 35.8. The zero-order valence-electron chi connectivity index (χ0n) is 30.6. The third kappa shape index (κ3) is 9.40. The highest BCUT2D eigenvalue weighted by molar-refractivity contribution is 7.12. The molecule has 0 radical (unpaired) electrons. The number of ether oxygens (including phenoxy) is 1. The number of phenols is 1. The number of phenolic OH excluding ortho intramolecular Hbond substituents is 1. The number of halogens is 2. The Kier molecular flexibility index (Phi) is 14.3. The van der Waals surface area contributed by atoms with E-state index in [9.17, 15) is 24.9 Å². The molecule has 1 aliphatic rings. The number of nitrogens with zero attached hydrogens (tertiary/aromatic N) is 3. The maximum atomic E-state index is 13.4. The molecule has 298 valence electrons. The molecule has 1 saturated carbocycles. The highest BCUT2D eigenvalue weighted by atomic mass is 32.1. The third-order valence-electron chi connectivity index (χ3n) is 10.1. The normalized spacial score (nSPS) is 16.3. The van der Waals surface area contributed by atoms with Crippen molar-refractivity contribution >= 4 is 39.5 Å². The summed E-state index contributed by atoms with van der Waals surface area (Å²) in [6, 6.07) is 21.5. The molecule has 1 atom stereocenters. The minimum absolute atomic E-state index is 0. The van der Waals surface area contributed by atoms with Crippen LogP contribution in [0.5, 0.6) is 5.75 Å². The lowest BCUT2D eigenvalue weighted by atomic mass is 9.91. The number of carbonyl (C=O) groups is 1. The van der Waals surface area contributed by atoms with Gasteiger partial charge in [-0.2, -0.15) is 4.98 Å². The number of rotatable bonds is 15. The number of hydrogen-bond donors (Lipinski definition) is 5. The van der Waals surface area contributed by atoms with Crippen LogP contribution in [-0.2, 0) is 28.1 Å². The van der Waals surface area contributed by atoms with Gasteiger partial charge in [-0.1, -0.05) is 47.6 Å². The van der Waals surface area contributed by atoms with Gasteiger partial charge in [-0.3, -0.25) is 14.2 Å². The number of benzene rings is 2. The molecule has 0 unspecified atom stereocenters. The standard InChI is InChI=1S/C40H43N5O7S2.2FH/c1-45(27-12-14-28(15-13-27)51-39(49)40(50,33-5-3-21-53-33)34-6-4-22-54-34)20-2-7-36-43-38(44-52-36)26-10-8-25(9-11-26)23-41-24-32(47)29-16-18-31(46)37-30(29)17-19-35(48)42-37;;/h3-6,8-11,16-19,21-22,27-28,32,41,46-47,50H,2,7,12-15,20,23-24H2,1H3,(H,42,48);2*1H/t27-,28-,32-;;/m0../s1. The number of aliphatic hydroxyl groups excluding tert-OH is 1. The number of aryl methyl sites for hydroxylation is 1. The summed E-state index contributed by atoms with van der Waals surface area (Å²) in [6.45, 7) is 1.66. The molecule has 1 aliphatic carbocycles. The number of aromatic amines is 1. The van der Waals surface area contributed by atoms with E-state index in [1.165, 1.54) is 34.8 Å². The second-order valence-corrected chi connectivity index (χ2v) is 15.6. The number of hydrogen-bond acceptors (Lipinski definition) is 13. The maximum absolute atomic E-state index is 13.4. The smallest absolute Gasteiger partial charge is 0.349 e. The topological polar surface area (TPSA) is 174 Å². The number of pyridine rings is 1. The highest BCUT2D eigenvalue weighted by Crippen LogP contribution is 2.38. The van der Waals surface area contributed by atoms with E-state index in [4.69, 9.17) is 9.26 Å². The van der Waals surface area contributed by atoms with E-state index in [1.54, 1.807) is 24.3 Å². The van der Waals surface area contributed by atoms with Gasteiger partial charge in [0.2, 0.25) is 22.9 Å². The van der Waals surface area contributed by atoms with Crippen molar-refractivity contribution in [1.82, 2.24) is 25.3 Å². The van der Waals surface area contributed by atoms with Gasteiger partial charge in [0.1, 0.15) is 11.9 Å². The molecule has 0 spiro atoms. The van der Waals surface area contributed by atoms with Gasteiger partial charge in [-0.05, 0) is 91.8 Å². The Balaban J connectivity index is 0.00000300. The van der Waals surface area contributed by atoms with Crippen molar-refractivity contribution in [3.63, 3.8) is 0 Å². The first-order chi connectivity index (χ1) is 26.2. The number of H-pyrrole nitrogens is 1. The van der Waals surface area contributed by atoms with Gasteiger partial charge >= 0.3 is 5.97 Å². The molecular formula is C40H45F2N5O7S2. The summed E-state index contributed by atoms with van der Waals surface area (Å²) < 4.78 is 11.5. The summed E-state index contributed by atoms with van der Waals surface area (Å²) in [6.07, 6.45) is 3.75. The van der Waals surface area contributed by atoms with Crippen molar-refractivity contribution in [1.29, 1.82) is 0 Å². The van der Waals surface area contributed by atoms with E-state index in [0.29, 0.717) is 56.9 Å².